The number of carbonyl (C=O) groups is 1. The molecule has 1 aliphatic heterocycles. The van der Waals surface area contributed by atoms with Crippen molar-refractivity contribution in [1.82, 2.24) is 4.90 Å². The first-order chi connectivity index (χ1) is 11.3. The van der Waals surface area contributed by atoms with Crippen molar-refractivity contribution < 1.29 is 35.9 Å². The zero-order valence-electron chi connectivity index (χ0n) is 13.7. The molecule has 0 N–H and O–H groups in total. The number of hydrogen-bond donors (Lipinski definition) is 0. The van der Waals surface area contributed by atoms with Crippen molar-refractivity contribution in [3.63, 3.8) is 0 Å². The Morgan fingerprint density at radius 2 is 1.52 bits per heavy atom. The number of halogens is 6. The molecule has 1 unspecified atom stereocenters. The second-order valence-electron chi connectivity index (χ2n) is 6.38. The predicted molar refractivity (Wildman–Crippen MR) is 76.6 cm³/mol. The molecule has 2 atom stereocenters. The Kier molecular flexibility index (Phi) is 4.98. The van der Waals surface area contributed by atoms with Crippen molar-refractivity contribution in [1.29, 1.82) is 0 Å². The van der Waals surface area contributed by atoms with Crippen LogP contribution in [0.2, 0.25) is 0 Å². The summed E-state index contributed by atoms with van der Waals surface area (Å²) in [6.45, 7) is 4.87. The largest absolute Gasteiger partial charge is 0.444 e. The fraction of sp³-hybridized carbons (Fsp3) is 0.562. The first-order valence-corrected chi connectivity index (χ1v) is 7.56. The molecule has 1 fully saturated rings. The summed E-state index contributed by atoms with van der Waals surface area (Å²) in [5.41, 5.74) is -3.06. The van der Waals surface area contributed by atoms with E-state index in [-0.39, 0.29) is 17.5 Å². The summed E-state index contributed by atoms with van der Waals surface area (Å²) in [6.07, 6.45) is -11.1. The van der Waals surface area contributed by atoms with Crippen LogP contribution in [0.4, 0.5) is 31.1 Å². The lowest BCUT2D eigenvalue weighted by Gasteiger charge is -2.23. The minimum Gasteiger partial charge on any atom is -0.444 e. The van der Waals surface area contributed by atoms with Crippen LogP contribution >= 0.6 is 0 Å². The number of amides is 1. The highest BCUT2D eigenvalue weighted by molar-refractivity contribution is 5.70. The number of nitrogens with zero attached hydrogens (tertiary/aromatic N) is 1. The van der Waals surface area contributed by atoms with Crippen LogP contribution in [-0.4, -0.2) is 23.1 Å². The van der Waals surface area contributed by atoms with Gasteiger partial charge in [-0.05, 0) is 36.6 Å². The highest BCUT2D eigenvalue weighted by Crippen LogP contribution is 2.37. The SMILES string of the molecule is CC(C)C1OC(=O)N(Cc2cc(C(F)(F)F)cc(C(F)(F)F)c2)[C@H]1C. The maximum atomic E-state index is 12.9. The van der Waals surface area contributed by atoms with Crippen molar-refractivity contribution in [2.45, 2.75) is 51.8 Å². The van der Waals surface area contributed by atoms with E-state index in [0.29, 0.717) is 12.1 Å². The molecule has 1 aliphatic rings. The van der Waals surface area contributed by atoms with Gasteiger partial charge >= 0.3 is 18.4 Å². The lowest BCUT2D eigenvalue weighted by atomic mass is 10.00. The molecule has 25 heavy (non-hydrogen) atoms. The molecule has 2 rings (SSSR count). The quantitative estimate of drug-likeness (QED) is 0.695. The van der Waals surface area contributed by atoms with Gasteiger partial charge in [-0.3, -0.25) is 4.90 Å². The van der Waals surface area contributed by atoms with Crippen LogP contribution in [0.25, 0.3) is 0 Å². The van der Waals surface area contributed by atoms with Crippen molar-refractivity contribution in [3.8, 4) is 0 Å². The van der Waals surface area contributed by atoms with Gasteiger partial charge in [-0.25, -0.2) is 4.79 Å². The molecule has 0 spiro atoms. The van der Waals surface area contributed by atoms with Gasteiger partial charge in [0.2, 0.25) is 0 Å². The molecule has 1 heterocycles. The Labute approximate surface area is 140 Å². The Morgan fingerprint density at radius 3 is 1.88 bits per heavy atom. The molecule has 1 amide bonds. The lowest BCUT2D eigenvalue weighted by molar-refractivity contribution is -0.143. The molecule has 0 aliphatic carbocycles. The van der Waals surface area contributed by atoms with Crippen molar-refractivity contribution in [2.75, 3.05) is 0 Å². The monoisotopic (exact) mass is 369 g/mol. The standard InChI is InChI=1S/C16H17F6NO2/c1-8(2)13-9(3)23(14(24)25-13)7-10-4-11(15(17,18)19)6-12(5-10)16(20,21)22/h4-6,8-9,13H,7H2,1-3H3/t9-,13?/m0/s1. The van der Waals surface area contributed by atoms with E-state index >= 15 is 0 Å². The van der Waals surface area contributed by atoms with E-state index in [1.54, 1.807) is 6.92 Å². The second kappa shape index (κ2) is 6.42. The molecule has 0 bridgehead atoms. The van der Waals surface area contributed by atoms with Gasteiger partial charge in [-0.2, -0.15) is 26.3 Å². The molecule has 1 aromatic rings. The fourth-order valence-corrected chi connectivity index (χ4v) is 2.84. The van der Waals surface area contributed by atoms with Gasteiger partial charge in [0.25, 0.3) is 0 Å². The van der Waals surface area contributed by atoms with Crippen molar-refractivity contribution in [2.24, 2.45) is 5.92 Å². The third-order valence-electron chi connectivity index (χ3n) is 4.10. The summed E-state index contributed by atoms with van der Waals surface area (Å²) in [5, 5.41) is 0. The van der Waals surface area contributed by atoms with Gasteiger partial charge in [-0.1, -0.05) is 13.8 Å². The Hall–Kier alpha value is -1.93. The summed E-state index contributed by atoms with van der Waals surface area (Å²) in [6, 6.07) is 0.846. The minimum absolute atomic E-state index is 0.0313. The minimum atomic E-state index is -4.92. The first kappa shape index (κ1) is 19.4. The Morgan fingerprint density at radius 1 is 1.04 bits per heavy atom. The van der Waals surface area contributed by atoms with E-state index in [1.165, 1.54) is 0 Å². The van der Waals surface area contributed by atoms with Crippen molar-refractivity contribution in [3.05, 3.63) is 34.9 Å². The number of alkyl halides is 6. The van der Waals surface area contributed by atoms with E-state index in [9.17, 15) is 31.1 Å². The smallest absolute Gasteiger partial charge is 0.416 e. The van der Waals surface area contributed by atoms with Crippen LogP contribution in [0.5, 0.6) is 0 Å². The van der Waals surface area contributed by atoms with Gasteiger partial charge < -0.3 is 4.74 Å². The summed E-state index contributed by atoms with van der Waals surface area (Å²) < 4.78 is 82.5. The molecule has 0 aromatic heterocycles. The van der Waals surface area contributed by atoms with Crippen LogP contribution in [0.3, 0.4) is 0 Å². The zero-order chi connectivity index (χ0) is 19.2. The molecule has 9 heteroatoms. The highest BCUT2D eigenvalue weighted by atomic mass is 19.4. The predicted octanol–water partition coefficient (Wildman–Crippen LogP) is 5.09. The van der Waals surface area contributed by atoms with E-state index < -0.39 is 48.3 Å². The van der Waals surface area contributed by atoms with Gasteiger partial charge in [0, 0.05) is 6.54 Å². The van der Waals surface area contributed by atoms with E-state index in [2.05, 4.69) is 0 Å². The number of hydrogen-bond acceptors (Lipinski definition) is 2. The summed E-state index contributed by atoms with van der Waals surface area (Å²) in [7, 11) is 0. The van der Waals surface area contributed by atoms with Crippen molar-refractivity contribution >= 4 is 6.09 Å². The number of cyclic esters (lactones) is 1. The summed E-state index contributed by atoms with van der Waals surface area (Å²) in [4.78, 5) is 13.1. The van der Waals surface area contributed by atoms with E-state index in [0.717, 1.165) is 4.90 Å². The van der Waals surface area contributed by atoms with Crippen LogP contribution in [-0.2, 0) is 23.6 Å². The highest BCUT2D eigenvalue weighted by Gasteiger charge is 2.41. The average molecular weight is 369 g/mol. The number of ether oxygens (including phenoxy) is 1. The zero-order valence-corrected chi connectivity index (χ0v) is 13.7. The number of rotatable bonds is 3. The Bertz CT molecular complexity index is 621. The molecule has 3 nitrogen and oxygen atoms in total. The molecule has 1 saturated heterocycles. The summed E-state index contributed by atoms with van der Waals surface area (Å²) >= 11 is 0. The van der Waals surface area contributed by atoms with Gasteiger partial charge in [0.05, 0.1) is 17.2 Å². The third kappa shape index (κ3) is 4.19. The van der Waals surface area contributed by atoms with Crippen LogP contribution < -0.4 is 0 Å². The van der Waals surface area contributed by atoms with Gasteiger partial charge in [-0.15, -0.1) is 0 Å². The molecule has 1 aromatic carbocycles. The maximum absolute atomic E-state index is 12.9. The molecule has 0 radical (unpaired) electrons. The normalized spacial score (nSPS) is 21.8. The third-order valence-corrected chi connectivity index (χ3v) is 4.10. The first-order valence-electron chi connectivity index (χ1n) is 7.56. The number of benzene rings is 1. The molecular weight excluding hydrogens is 352 g/mol. The lowest BCUT2D eigenvalue weighted by Crippen LogP contribution is -2.35. The average Bonchev–Trinajstić information content (AvgIpc) is 2.73. The molecular formula is C16H17F6NO2. The van der Waals surface area contributed by atoms with Crippen LogP contribution in [0.1, 0.15) is 37.5 Å². The maximum Gasteiger partial charge on any atom is 0.416 e. The van der Waals surface area contributed by atoms with Crippen LogP contribution in [0, 0.1) is 5.92 Å². The topological polar surface area (TPSA) is 29.5 Å². The van der Waals surface area contributed by atoms with E-state index in [1.807, 2.05) is 13.8 Å². The summed E-state index contributed by atoms with van der Waals surface area (Å²) in [5.74, 6) is -0.0313. The second-order valence-corrected chi connectivity index (χ2v) is 6.38. The number of carbonyl (C=O) groups excluding carboxylic acids is 1. The van der Waals surface area contributed by atoms with Gasteiger partial charge in [0.1, 0.15) is 6.10 Å². The van der Waals surface area contributed by atoms with Gasteiger partial charge in [0.15, 0.2) is 0 Å². The van der Waals surface area contributed by atoms with Crippen LogP contribution in [0.15, 0.2) is 18.2 Å². The Balaban J connectivity index is 2.37. The molecule has 140 valence electrons. The fourth-order valence-electron chi connectivity index (χ4n) is 2.84. The molecule has 0 saturated carbocycles. The van der Waals surface area contributed by atoms with E-state index in [4.69, 9.17) is 4.74 Å².